The molecule has 0 aliphatic rings. The van der Waals surface area contributed by atoms with Crippen LogP contribution in [0.5, 0.6) is 0 Å². The Bertz CT molecular complexity index is 454. The summed E-state index contributed by atoms with van der Waals surface area (Å²) in [5, 5.41) is 0. The molecular formula is C16H26N2O. The Morgan fingerprint density at radius 1 is 1.26 bits per heavy atom. The van der Waals surface area contributed by atoms with Crippen molar-refractivity contribution < 1.29 is 4.79 Å². The van der Waals surface area contributed by atoms with Crippen molar-refractivity contribution in [2.75, 3.05) is 18.8 Å². The lowest BCUT2D eigenvalue weighted by Gasteiger charge is -2.25. The van der Waals surface area contributed by atoms with Crippen molar-refractivity contribution in [3.8, 4) is 0 Å². The first kappa shape index (κ1) is 15.5. The molecule has 1 rings (SSSR count). The summed E-state index contributed by atoms with van der Waals surface area (Å²) in [5.74, 6) is 0.610. The lowest BCUT2D eigenvalue weighted by atomic mass is 10.0. The van der Waals surface area contributed by atoms with Crippen molar-refractivity contribution in [3.05, 3.63) is 28.8 Å². The van der Waals surface area contributed by atoms with Gasteiger partial charge in [0.2, 0.25) is 0 Å². The Balaban J connectivity index is 3.00. The summed E-state index contributed by atoms with van der Waals surface area (Å²) in [6.07, 6.45) is 1.08. The number of rotatable bonds is 5. The maximum atomic E-state index is 12.6. The summed E-state index contributed by atoms with van der Waals surface area (Å²) in [7, 11) is 0. The summed E-state index contributed by atoms with van der Waals surface area (Å²) in [6.45, 7) is 11.8. The van der Waals surface area contributed by atoms with Gasteiger partial charge in [0, 0.05) is 24.3 Å². The van der Waals surface area contributed by atoms with Crippen LogP contribution in [-0.4, -0.2) is 23.9 Å². The molecule has 1 amide bonds. The fraction of sp³-hybridized carbons (Fsp3) is 0.562. The van der Waals surface area contributed by atoms with Crippen LogP contribution in [0.25, 0.3) is 0 Å². The minimum absolute atomic E-state index is 0.0898. The molecule has 106 valence electrons. The summed E-state index contributed by atoms with van der Waals surface area (Å²) in [5.41, 5.74) is 9.37. The van der Waals surface area contributed by atoms with E-state index in [1.54, 1.807) is 0 Å². The molecule has 3 nitrogen and oxygen atoms in total. The first-order valence-electron chi connectivity index (χ1n) is 7.06. The molecule has 0 aliphatic carbocycles. The molecule has 0 saturated carbocycles. The number of hydrogen-bond donors (Lipinski definition) is 1. The standard InChI is InChI=1S/C16H26N2O/c1-6-11(3)10-18(7-2)16(19)14-9-15(17)13(5)8-12(14)4/h8-9,11H,6-7,10,17H2,1-5H3. The van der Waals surface area contributed by atoms with Gasteiger partial charge in [-0.15, -0.1) is 0 Å². The first-order valence-corrected chi connectivity index (χ1v) is 7.06. The molecule has 0 fully saturated rings. The molecule has 0 aromatic heterocycles. The molecule has 3 heteroatoms. The molecule has 1 unspecified atom stereocenters. The van der Waals surface area contributed by atoms with Gasteiger partial charge in [0.05, 0.1) is 0 Å². The van der Waals surface area contributed by atoms with E-state index in [-0.39, 0.29) is 5.91 Å². The highest BCUT2D eigenvalue weighted by Crippen LogP contribution is 2.20. The van der Waals surface area contributed by atoms with Gasteiger partial charge in [0.15, 0.2) is 0 Å². The van der Waals surface area contributed by atoms with Crippen molar-refractivity contribution in [1.82, 2.24) is 4.90 Å². The second kappa shape index (κ2) is 6.60. The molecule has 0 spiro atoms. The van der Waals surface area contributed by atoms with E-state index in [1.807, 2.05) is 37.8 Å². The van der Waals surface area contributed by atoms with Crippen molar-refractivity contribution in [2.24, 2.45) is 5.92 Å². The third-order valence-electron chi connectivity index (χ3n) is 3.74. The summed E-state index contributed by atoms with van der Waals surface area (Å²) < 4.78 is 0. The highest BCUT2D eigenvalue weighted by Gasteiger charge is 2.18. The summed E-state index contributed by atoms with van der Waals surface area (Å²) in [4.78, 5) is 14.5. The topological polar surface area (TPSA) is 46.3 Å². The number of anilines is 1. The third-order valence-corrected chi connectivity index (χ3v) is 3.74. The number of aryl methyl sites for hydroxylation is 2. The van der Waals surface area contributed by atoms with Gasteiger partial charge < -0.3 is 10.6 Å². The first-order chi connectivity index (χ1) is 8.90. The van der Waals surface area contributed by atoms with Crippen LogP contribution < -0.4 is 5.73 Å². The molecule has 1 atom stereocenters. The summed E-state index contributed by atoms with van der Waals surface area (Å²) >= 11 is 0. The number of carbonyl (C=O) groups is 1. The molecule has 0 bridgehead atoms. The van der Waals surface area contributed by atoms with Gasteiger partial charge in [-0.25, -0.2) is 0 Å². The van der Waals surface area contributed by atoms with Gasteiger partial charge >= 0.3 is 0 Å². The third kappa shape index (κ3) is 3.72. The highest BCUT2D eigenvalue weighted by molar-refractivity contribution is 5.96. The van der Waals surface area contributed by atoms with Crippen LogP contribution >= 0.6 is 0 Å². The maximum absolute atomic E-state index is 12.6. The fourth-order valence-corrected chi connectivity index (χ4v) is 2.13. The van der Waals surface area contributed by atoms with Gasteiger partial charge in [-0.05, 0) is 43.9 Å². The average Bonchev–Trinajstić information content (AvgIpc) is 2.39. The van der Waals surface area contributed by atoms with Crippen LogP contribution in [0.15, 0.2) is 12.1 Å². The molecule has 0 saturated heterocycles. The second-order valence-corrected chi connectivity index (χ2v) is 5.38. The van der Waals surface area contributed by atoms with Crippen LogP contribution in [0.1, 0.15) is 48.7 Å². The highest BCUT2D eigenvalue weighted by atomic mass is 16.2. The van der Waals surface area contributed by atoms with E-state index in [0.717, 1.165) is 36.2 Å². The number of benzene rings is 1. The van der Waals surface area contributed by atoms with E-state index in [4.69, 9.17) is 5.73 Å². The van der Waals surface area contributed by atoms with E-state index in [2.05, 4.69) is 13.8 Å². The Hall–Kier alpha value is -1.51. The van der Waals surface area contributed by atoms with Gasteiger partial charge in [-0.2, -0.15) is 0 Å². The smallest absolute Gasteiger partial charge is 0.254 e. The van der Waals surface area contributed by atoms with Crippen LogP contribution in [0.4, 0.5) is 5.69 Å². The van der Waals surface area contributed by atoms with Crippen LogP contribution in [0.2, 0.25) is 0 Å². The molecular weight excluding hydrogens is 236 g/mol. The van der Waals surface area contributed by atoms with Crippen LogP contribution in [-0.2, 0) is 0 Å². The van der Waals surface area contributed by atoms with E-state index in [9.17, 15) is 4.79 Å². The lowest BCUT2D eigenvalue weighted by Crippen LogP contribution is -2.35. The second-order valence-electron chi connectivity index (χ2n) is 5.38. The van der Waals surface area contributed by atoms with Gasteiger partial charge in [0.1, 0.15) is 0 Å². The number of hydrogen-bond acceptors (Lipinski definition) is 2. The molecule has 0 radical (unpaired) electrons. The van der Waals surface area contributed by atoms with E-state index in [1.165, 1.54) is 0 Å². The molecule has 1 aromatic carbocycles. The zero-order valence-electron chi connectivity index (χ0n) is 12.8. The van der Waals surface area contributed by atoms with Crippen LogP contribution in [0, 0.1) is 19.8 Å². The lowest BCUT2D eigenvalue weighted by molar-refractivity contribution is 0.0740. The molecule has 0 aliphatic heterocycles. The van der Waals surface area contributed by atoms with Crippen molar-refractivity contribution >= 4 is 11.6 Å². The quantitative estimate of drug-likeness (QED) is 0.827. The number of nitrogen functional groups attached to an aromatic ring is 1. The van der Waals surface area contributed by atoms with E-state index >= 15 is 0 Å². The van der Waals surface area contributed by atoms with Gasteiger partial charge in [0.25, 0.3) is 5.91 Å². The molecule has 1 aromatic rings. The Morgan fingerprint density at radius 3 is 2.42 bits per heavy atom. The van der Waals surface area contributed by atoms with Crippen molar-refractivity contribution in [3.63, 3.8) is 0 Å². The number of carbonyl (C=O) groups excluding carboxylic acids is 1. The Labute approximate surface area is 116 Å². The summed E-state index contributed by atoms with van der Waals surface area (Å²) in [6, 6.07) is 3.80. The predicted octanol–water partition coefficient (Wildman–Crippen LogP) is 3.39. The number of amides is 1. The predicted molar refractivity (Wildman–Crippen MR) is 81.4 cm³/mol. The minimum atomic E-state index is 0.0898. The Morgan fingerprint density at radius 2 is 1.89 bits per heavy atom. The minimum Gasteiger partial charge on any atom is -0.398 e. The van der Waals surface area contributed by atoms with Gasteiger partial charge in [-0.1, -0.05) is 26.3 Å². The normalized spacial score (nSPS) is 12.3. The monoisotopic (exact) mass is 262 g/mol. The molecule has 0 heterocycles. The van der Waals surface area contributed by atoms with Gasteiger partial charge in [-0.3, -0.25) is 4.79 Å². The van der Waals surface area contributed by atoms with E-state index < -0.39 is 0 Å². The van der Waals surface area contributed by atoms with Crippen molar-refractivity contribution in [1.29, 1.82) is 0 Å². The number of nitrogens with zero attached hydrogens (tertiary/aromatic N) is 1. The van der Waals surface area contributed by atoms with Crippen molar-refractivity contribution in [2.45, 2.75) is 41.0 Å². The van der Waals surface area contributed by atoms with E-state index in [0.29, 0.717) is 11.6 Å². The molecule has 19 heavy (non-hydrogen) atoms. The fourth-order valence-electron chi connectivity index (χ4n) is 2.13. The maximum Gasteiger partial charge on any atom is 0.254 e. The largest absolute Gasteiger partial charge is 0.398 e. The number of nitrogens with two attached hydrogens (primary N) is 1. The molecule has 2 N–H and O–H groups in total. The zero-order valence-corrected chi connectivity index (χ0v) is 12.8. The average molecular weight is 262 g/mol. The Kier molecular flexibility index (Phi) is 5.40. The zero-order chi connectivity index (χ0) is 14.6. The van der Waals surface area contributed by atoms with Crippen LogP contribution in [0.3, 0.4) is 0 Å². The SMILES string of the molecule is CCC(C)CN(CC)C(=O)c1cc(N)c(C)cc1C.